The highest BCUT2D eigenvalue weighted by atomic mass is 16.5. The zero-order chi connectivity index (χ0) is 15.1. The molecule has 0 bridgehead atoms. The SMILES string of the molecule is CC(CO)(NC(=O)NCCOC1CCCCCC1)C1CC1. The van der Waals surface area contributed by atoms with Gasteiger partial charge >= 0.3 is 6.03 Å². The molecule has 0 saturated heterocycles. The van der Waals surface area contributed by atoms with E-state index in [-0.39, 0.29) is 12.6 Å². The third-order valence-corrected chi connectivity index (χ3v) is 4.75. The van der Waals surface area contributed by atoms with Gasteiger partial charge in [0.1, 0.15) is 0 Å². The molecule has 0 aromatic rings. The smallest absolute Gasteiger partial charge is 0.315 e. The van der Waals surface area contributed by atoms with Gasteiger partial charge in [-0.2, -0.15) is 0 Å². The number of carbonyl (C=O) groups excluding carboxylic acids is 1. The van der Waals surface area contributed by atoms with Gasteiger partial charge in [0.05, 0.1) is 24.9 Å². The van der Waals surface area contributed by atoms with Gasteiger partial charge in [0.15, 0.2) is 0 Å². The highest BCUT2D eigenvalue weighted by Gasteiger charge is 2.42. The van der Waals surface area contributed by atoms with Crippen molar-refractivity contribution >= 4 is 6.03 Å². The third kappa shape index (κ3) is 5.47. The molecule has 0 aromatic carbocycles. The lowest BCUT2D eigenvalue weighted by Crippen LogP contribution is -2.54. The van der Waals surface area contributed by atoms with Crippen molar-refractivity contribution in [3.8, 4) is 0 Å². The quantitative estimate of drug-likeness (QED) is 0.498. The maximum atomic E-state index is 11.9. The summed E-state index contributed by atoms with van der Waals surface area (Å²) in [5, 5.41) is 15.2. The zero-order valence-corrected chi connectivity index (χ0v) is 13.2. The van der Waals surface area contributed by atoms with Gasteiger partial charge in [-0.25, -0.2) is 4.79 Å². The Hall–Kier alpha value is -0.810. The molecule has 0 aliphatic heterocycles. The third-order valence-electron chi connectivity index (χ3n) is 4.75. The molecule has 21 heavy (non-hydrogen) atoms. The van der Waals surface area contributed by atoms with Gasteiger partial charge in [-0.05, 0) is 38.5 Å². The van der Waals surface area contributed by atoms with Crippen molar-refractivity contribution in [2.24, 2.45) is 5.92 Å². The molecule has 2 fully saturated rings. The molecule has 2 rings (SSSR count). The average molecular weight is 298 g/mol. The zero-order valence-electron chi connectivity index (χ0n) is 13.2. The second-order valence-corrected chi connectivity index (χ2v) is 6.72. The van der Waals surface area contributed by atoms with Crippen molar-refractivity contribution in [1.29, 1.82) is 0 Å². The molecule has 0 heterocycles. The van der Waals surface area contributed by atoms with E-state index in [0.717, 1.165) is 25.7 Å². The maximum Gasteiger partial charge on any atom is 0.315 e. The standard InChI is InChI=1S/C16H30N2O3/c1-16(12-19,13-8-9-13)18-15(20)17-10-11-21-14-6-4-2-3-5-7-14/h13-14,19H,2-12H2,1H3,(H2,17,18,20). The minimum Gasteiger partial charge on any atom is -0.394 e. The number of carbonyl (C=O) groups is 1. The van der Waals surface area contributed by atoms with E-state index in [2.05, 4.69) is 10.6 Å². The molecule has 2 aliphatic rings. The highest BCUT2D eigenvalue weighted by Crippen LogP contribution is 2.39. The first-order valence-electron chi connectivity index (χ1n) is 8.42. The van der Waals surface area contributed by atoms with E-state index in [1.165, 1.54) is 25.7 Å². The number of rotatable bonds is 7. The summed E-state index contributed by atoms with van der Waals surface area (Å²) in [6, 6.07) is -0.206. The second-order valence-electron chi connectivity index (χ2n) is 6.72. The molecule has 0 radical (unpaired) electrons. The van der Waals surface area contributed by atoms with Crippen LogP contribution in [0.4, 0.5) is 4.79 Å². The van der Waals surface area contributed by atoms with Crippen LogP contribution in [0.5, 0.6) is 0 Å². The Morgan fingerprint density at radius 2 is 1.86 bits per heavy atom. The fourth-order valence-electron chi connectivity index (χ4n) is 3.09. The summed E-state index contributed by atoms with van der Waals surface area (Å²) in [5.74, 6) is 0.412. The van der Waals surface area contributed by atoms with Crippen molar-refractivity contribution < 1.29 is 14.6 Å². The van der Waals surface area contributed by atoms with Gasteiger partial charge in [0, 0.05) is 6.54 Å². The Morgan fingerprint density at radius 3 is 2.43 bits per heavy atom. The normalized spacial score (nSPS) is 23.1. The van der Waals surface area contributed by atoms with Crippen LogP contribution in [-0.2, 0) is 4.74 Å². The van der Waals surface area contributed by atoms with E-state index >= 15 is 0 Å². The Labute approximate surface area is 127 Å². The monoisotopic (exact) mass is 298 g/mol. The summed E-state index contributed by atoms with van der Waals surface area (Å²) in [6.07, 6.45) is 10.00. The Kier molecular flexibility index (Phi) is 6.30. The van der Waals surface area contributed by atoms with Crippen LogP contribution in [0.2, 0.25) is 0 Å². The van der Waals surface area contributed by atoms with Gasteiger partial charge in [0.2, 0.25) is 0 Å². The summed E-state index contributed by atoms with van der Waals surface area (Å²) in [7, 11) is 0. The summed E-state index contributed by atoms with van der Waals surface area (Å²) < 4.78 is 5.84. The van der Waals surface area contributed by atoms with Gasteiger partial charge < -0.3 is 20.5 Å². The molecule has 2 aliphatic carbocycles. The Morgan fingerprint density at radius 1 is 1.19 bits per heavy atom. The number of aliphatic hydroxyl groups excluding tert-OH is 1. The van der Waals surface area contributed by atoms with Gasteiger partial charge in [-0.1, -0.05) is 25.7 Å². The average Bonchev–Trinajstić information content (AvgIpc) is 3.30. The number of aliphatic hydroxyl groups is 1. The lowest BCUT2D eigenvalue weighted by Gasteiger charge is -2.28. The predicted molar refractivity (Wildman–Crippen MR) is 82.2 cm³/mol. The molecule has 0 aromatic heterocycles. The predicted octanol–water partition coefficient (Wildman–Crippen LogP) is 2.19. The number of hydrogen-bond acceptors (Lipinski definition) is 3. The molecule has 5 nitrogen and oxygen atoms in total. The summed E-state index contributed by atoms with van der Waals surface area (Å²) in [4.78, 5) is 11.9. The molecule has 1 atom stereocenters. The van der Waals surface area contributed by atoms with Crippen LogP contribution < -0.4 is 10.6 Å². The van der Waals surface area contributed by atoms with Crippen molar-refractivity contribution in [1.82, 2.24) is 10.6 Å². The van der Waals surface area contributed by atoms with E-state index in [9.17, 15) is 9.90 Å². The number of ether oxygens (including phenoxy) is 1. The van der Waals surface area contributed by atoms with Crippen LogP contribution in [0, 0.1) is 5.92 Å². The van der Waals surface area contributed by atoms with E-state index in [4.69, 9.17) is 4.74 Å². The van der Waals surface area contributed by atoms with Gasteiger partial charge in [-0.15, -0.1) is 0 Å². The van der Waals surface area contributed by atoms with Crippen LogP contribution in [0.15, 0.2) is 0 Å². The molecule has 0 spiro atoms. The Bertz CT molecular complexity index is 325. The van der Waals surface area contributed by atoms with E-state index < -0.39 is 5.54 Å². The minimum atomic E-state index is -0.480. The van der Waals surface area contributed by atoms with E-state index in [0.29, 0.717) is 25.2 Å². The fourth-order valence-corrected chi connectivity index (χ4v) is 3.09. The number of amides is 2. The minimum absolute atomic E-state index is 0.0103. The summed E-state index contributed by atoms with van der Waals surface area (Å²) in [5.41, 5.74) is -0.480. The first-order chi connectivity index (χ1) is 10.1. The number of nitrogens with one attached hydrogen (secondary N) is 2. The van der Waals surface area contributed by atoms with Crippen molar-refractivity contribution in [2.45, 2.75) is 69.9 Å². The molecule has 2 saturated carbocycles. The largest absolute Gasteiger partial charge is 0.394 e. The maximum absolute atomic E-state index is 11.9. The number of urea groups is 1. The molecular formula is C16H30N2O3. The summed E-state index contributed by atoms with van der Waals surface area (Å²) in [6.45, 7) is 2.99. The molecule has 5 heteroatoms. The first kappa shape index (κ1) is 16.6. The molecular weight excluding hydrogens is 268 g/mol. The molecule has 122 valence electrons. The summed E-state index contributed by atoms with van der Waals surface area (Å²) >= 11 is 0. The lowest BCUT2D eigenvalue weighted by molar-refractivity contribution is 0.0458. The van der Waals surface area contributed by atoms with Crippen LogP contribution in [-0.4, -0.2) is 42.5 Å². The first-order valence-corrected chi connectivity index (χ1v) is 8.42. The van der Waals surface area contributed by atoms with E-state index in [1.54, 1.807) is 0 Å². The van der Waals surface area contributed by atoms with Crippen LogP contribution >= 0.6 is 0 Å². The van der Waals surface area contributed by atoms with Crippen molar-refractivity contribution in [3.63, 3.8) is 0 Å². The molecule has 3 N–H and O–H groups in total. The highest BCUT2D eigenvalue weighted by molar-refractivity contribution is 5.74. The van der Waals surface area contributed by atoms with Crippen LogP contribution in [0.25, 0.3) is 0 Å². The van der Waals surface area contributed by atoms with E-state index in [1.807, 2.05) is 6.92 Å². The molecule has 2 amide bonds. The second kappa shape index (κ2) is 7.99. The van der Waals surface area contributed by atoms with Crippen molar-refractivity contribution in [2.75, 3.05) is 19.8 Å². The van der Waals surface area contributed by atoms with Crippen molar-refractivity contribution in [3.05, 3.63) is 0 Å². The molecule has 1 unspecified atom stereocenters. The van der Waals surface area contributed by atoms with Crippen LogP contribution in [0.1, 0.15) is 58.3 Å². The van der Waals surface area contributed by atoms with Crippen LogP contribution in [0.3, 0.4) is 0 Å². The number of hydrogen-bond donors (Lipinski definition) is 3. The van der Waals surface area contributed by atoms with Gasteiger partial charge in [-0.3, -0.25) is 0 Å². The topological polar surface area (TPSA) is 70.6 Å². The lowest BCUT2D eigenvalue weighted by atomic mass is 9.97. The van der Waals surface area contributed by atoms with Gasteiger partial charge in [0.25, 0.3) is 0 Å². The fraction of sp³-hybridized carbons (Fsp3) is 0.938. The Balaban J connectivity index is 1.58.